The molecule has 1 aromatic carbocycles. The first-order valence-electron chi connectivity index (χ1n) is 6.08. The Balaban J connectivity index is 2.71. The monoisotopic (exact) mass is 284 g/mol. The Bertz CT molecular complexity index is 766. The molecule has 2 rings (SSSR count). The van der Waals surface area contributed by atoms with Crippen LogP contribution in [-0.4, -0.2) is 14.9 Å². The first-order valence-corrected chi connectivity index (χ1v) is 6.08. The summed E-state index contributed by atoms with van der Waals surface area (Å²) >= 11 is 0. The van der Waals surface area contributed by atoms with Crippen molar-refractivity contribution in [2.75, 3.05) is 11.5 Å². The summed E-state index contributed by atoms with van der Waals surface area (Å²) in [5, 5.41) is 20.3. The van der Waals surface area contributed by atoms with Crippen molar-refractivity contribution in [3.63, 3.8) is 0 Å². The maximum Gasteiger partial charge on any atom is 0.273 e. The number of benzene rings is 1. The standard InChI is InChI=1S/C13H12N6O2/c1-2-7-3-4-8(5-10(7)19(20)21)11-9(6-14)12(15)18-13(16)17-11/h3-5H,2H2,1H3,(H4,15,16,17,18). The van der Waals surface area contributed by atoms with Crippen molar-refractivity contribution in [1.29, 1.82) is 5.26 Å². The van der Waals surface area contributed by atoms with Crippen molar-refractivity contribution in [2.45, 2.75) is 13.3 Å². The van der Waals surface area contributed by atoms with Crippen LogP contribution in [0.4, 0.5) is 17.5 Å². The fourth-order valence-electron chi connectivity index (χ4n) is 2.00. The number of nitrogens with zero attached hydrogens (tertiary/aromatic N) is 4. The number of aromatic nitrogens is 2. The van der Waals surface area contributed by atoms with E-state index in [9.17, 15) is 10.1 Å². The molecule has 2 aromatic rings. The van der Waals surface area contributed by atoms with E-state index in [4.69, 9.17) is 16.7 Å². The van der Waals surface area contributed by atoms with E-state index in [0.29, 0.717) is 17.5 Å². The minimum Gasteiger partial charge on any atom is -0.382 e. The van der Waals surface area contributed by atoms with Crippen LogP contribution in [0.15, 0.2) is 18.2 Å². The molecular weight excluding hydrogens is 272 g/mol. The van der Waals surface area contributed by atoms with Crippen LogP contribution in [-0.2, 0) is 6.42 Å². The molecule has 0 aliphatic carbocycles. The lowest BCUT2D eigenvalue weighted by molar-refractivity contribution is -0.385. The molecule has 106 valence electrons. The molecule has 8 nitrogen and oxygen atoms in total. The smallest absolute Gasteiger partial charge is 0.273 e. The number of nitriles is 1. The second kappa shape index (κ2) is 5.42. The maximum atomic E-state index is 11.1. The van der Waals surface area contributed by atoms with Gasteiger partial charge in [0.25, 0.3) is 5.69 Å². The van der Waals surface area contributed by atoms with Gasteiger partial charge in [-0.05, 0) is 6.42 Å². The molecule has 0 spiro atoms. The van der Waals surface area contributed by atoms with Gasteiger partial charge in [-0.2, -0.15) is 10.2 Å². The Kier molecular flexibility index (Phi) is 3.67. The van der Waals surface area contributed by atoms with Crippen LogP contribution in [0.25, 0.3) is 11.3 Å². The van der Waals surface area contributed by atoms with Gasteiger partial charge in [0.1, 0.15) is 17.5 Å². The van der Waals surface area contributed by atoms with Gasteiger partial charge < -0.3 is 11.5 Å². The fraction of sp³-hybridized carbons (Fsp3) is 0.154. The molecule has 21 heavy (non-hydrogen) atoms. The zero-order chi connectivity index (χ0) is 15.6. The predicted molar refractivity (Wildman–Crippen MR) is 77.0 cm³/mol. The van der Waals surface area contributed by atoms with E-state index in [1.807, 2.05) is 13.0 Å². The molecule has 0 saturated carbocycles. The zero-order valence-corrected chi connectivity index (χ0v) is 11.2. The quantitative estimate of drug-likeness (QED) is 0.643. The van der Waals surface area contributed by atoms with E-state index in [2.05, 4.69) is 9.97 Å². The third kappa shape index (κ3) is 2.57. The van der Waals surface area contributed by atoms with Crippen molar-refractivity contribution in [2.24, 2.45) is 0 Å². The van der Waals surface area contributed by atoms with Crippen LogP contribution in [0.3, 0.4) is 0 Å². The number of nitrogens with two attached hydrogens (primary N) is 2. The molecular formula is C13H12N6O2. The number of rotatable bonds is 3. The number of nitro benzene ring substituents is 1. The lowest BCUT2D eigenvalue weighted by Gasteiger charge is -2.08. The van der Waals surface area contributed by atoms with E-state index in [1.54, 1.807) is 12.1 Å². The molecule has 1 aromatic heterocycles. The zero-order valence-electron chi connectivity index (χ0n) is 11.2. The minimum absolute atomic E-state index is 0.0327. The SMILES string of the molecule is CCc1ccc(-c2nc(N)nc(N)c2C#N)cc1[N+](=O)[O-]. The van der Waals surface area contributed by atoms with Crippen molar-refractivity contribution < 1.29 is 4.92 Å². The summed E-state index contributed by atoms with van der Waals surface area (Å²) in [5.74, 6) is -0.147. The Morgan fingerprint density at radius 3 is 2.67 bits per heavy atom. The third-order valence-corrected chi connectivity index (χ3v) is 3.00. The number of anilines is 2. The van der Waals surface area contributed by atoms with Gasteiger partial charge in [-0.15, -0.1) is 0 Å². The molecule has 0 unspecified atom stereocenters. The number of nitrogen functional groups attached to an aromatic ring is 2. The van der Waals surface area contributed by atoms with Gasteiger partial charge in [-0.3, -0.25) is 10.1 Å². The van der Waals surface area contributed by atoms with Gasteiger partial charge in [0.2, 0.25) is 5.95 Å². The van der Waals surface area contributed by atoms with Gasteiger partial charge in [0.15, 0.2) is 0 Å². The van der Waals surface area contributed by atoms with Crippen LogP contribution in [0.2, 0.25) is 0 Å². The van der Waals surface area contributed by atoms with Crippen LogP contribution < -0.4 is 11.5 Å². The summed E-state index contributed by atoms with van der Waals surface area (Å²) in [4.78, 5) is 18.3. The third-order valence-electron chi connectivity index (χ3n) is 3.00. The van der Waals surface area contributed by atoms with E-state index < -0.39 is 4.92 Å². The molecule has 1 heterocycles. The average Bonchev–Trinajstić information content (AvgIpc) is 2.45. The molecule has 0 saturated heterocycles. The van der Waals surface area contributed by atoms with Crippen molar-refractivity contribution >= 4 is 17.5 Å². The van der Waals surface area contributed by atoms with Gasteiger partial charge in [0, 0.05) is 17.2 Å². The van der Waals surface area contributed by atoms with Gasteiger partial charge in [0.05, 0.1) is 10.6 Å². The highest BCUT2D eigenvalue weighted by Gasteiger charge is 2.18. The predicted octanol–water partition coefficient (Wildman–Crippen LogP) is 1.65. The second-order valence-corrected chi connectivity index (χ2v) is 4.26. The molecule has 0 bridgehead atoms. The Morgan fingerprint density at radius 1 is 1.38 bits per heavy atom. The lowest BCUT2D eigenvalue weighted by Crippen LogP contribution is -2.05. The molecule has 0 amide bonds. The summed E-state index contributed by atoms with van der Waals surface area (Å²) in [6.45, 7) is 1.82. The summed E-state index contributed by atoms with van der Waals surface area (Å²) in [7, 11) is 0. The van der Waals surface area contributed by atoms with Crippen LogP contribution in [0, 0.1) is 21.4 Å². The Hall–Kier alpha value is -3.21. The highest BCUT2D eigenvalue weighted by Crippen LogP contribution is 2.30. The summed E-state index contributed by atoms with van der Waals surface area (Å²) < 4.78 is 0. The summed E-state index contributed by atoms with van der Waals surface area (Å²) in [5.41, 5.74) is 12.4. The van der Waals surface area contributed by atoms with E-state index >= 15 is 0 Å². The van der Waals surface area contributed by atoms with Gasteiger partial charge in [-0.25, -0.2) is 4.98 Å². The molecule has 4 N–H and O–H groups in total. The largest absolute Gasteiger partial charge is 0.382 e. The number of hydrogen-bond acceptors (Lipinski definition) is 7. The molecule has 0 fully saturated rings. The van der Waals surface area contributed by atoms with E-state index in [-0.39, 0.29) is 28.7 Å². The highest BCUT2D eigenvalue weighted by molar-refractivity contribution is 5.74. The number of hydrogen-bond donors (Lipinski definition) is 2. The minimum atomic E-state index is -0.470. The van der Waals surface area contributed by atoms with Crippen molar-refractivity contribution in [3.8, 4) is 17.3 Å². The molecule has 0 aliphatic rings. The highest BCUT2D eigenvalue weighted by atomic mass is 16.6. The topological polar surface area (TPSA) is 145 Å². The summed E-state index contributed by atoms with van der Waals surface area (Å²) in [6.07, 6.45) is 0.524. The van der Waals surface area contributed by atoms with E-state index in [0.717, 1.165) is 0 Å². The number of aryl methyl sites for hydroxylation is 1. The molecule has 0 aliphatic heterocycles. The maximum absolute atomic E-state index is 11.1. The second-order valence-electron chi connectivity index (χ2n) is 4.26. The van der Waals surface area contributed by atoms with Crippen LogP contribution in [0.1, 0.15) is 18.1 Å². The van der Waals surface area contributed by atoms with Crippen molar-refractivity contribution in [3.05, 3.63) is 39.4 Å². The Morgan fingerprint density at radius 2 is 2.10 bits per heavy atom. The van der Waals surface area contributed by atoms with E-state index in [1.165, 1.54) is 6.07 Å². The first kappa shape index (κ1) is 14.2. The average molecular weight is 284 g/mol. The Labute approximate surface area is 120 Å². The summed E-state index contributed by atoms with van der Waals surface area (Å²) in [6, 6.07) is 6.53. The molecule has 0 radical (unpaired) electrons. The number of nitro groups is 1. The van der Waals surface area contributed by atoms with Gasteiger partial charge >= 0.3 is 0 Å². The lowest BCUT2D eigenvalue weighted by atomic mass is 10.0. The van der Waals surface area contributed by atoms with Gasteiger partial charge in [-0.1, -0.05) is 19.1 Å². The van der Waals surface area contributed by atoms with Crippen LogP contribution in [0.5, 0.6) is 0 Å². The van der Waals surface area contributed by atoms with Crippen molar-refractivity contribution in [1.82, 2.24) is 9.97 Å². The fourth-order valence-corrected chi connectivity index (χ4v) is 2.00. The first-order chi connectivity index (χ1) is 9.97. The molecule has 0 atom stereocenters. The normalized spacial score (nSPS) is 10.1. The van der Waals surface area contributed by atoms with Crippen LogP contribution >= 0.6 is 0 Å². The molecule has 8 heteroatoms.